The molecule has 1 fully saturated rings. The van der Waals surface area contributed by atoms with Gasteiger partial charge in [0, 0.05) is 35.6 Å². The van der Waals surface area contributed by atoms with Crippen molar-refractivity contribution in [3.63, 3.8) is 0 Å². The van der Waals surface area contributed by atoms with Gasteiger partial charge in [0.2, 0.25) is 5.91 Å². The summed E-state index contributed by atoms with van der Waals surface area (Å²) in [5.41, 5.74) is 0.983. The number of nitrogens with zero attached hydrogens (tertiary/aromatic N) is 1. The van der Waals surface area contributed by atoms with Crippen molar-refractivity contribution in [2.75, 3.05) is 18.1 Å². The lowest BCUT2D eigenvalue weighted by atomic mass is 10.1. The van der Waals surface area contributed by atoms with E-state index < -0.39 is 0 Å². The first kappa shape index (κ1) is 13.4. The highest BCUT2D eigenvalue weighted by molar-refractivity contribution is 8.00. The summed E-state index contributed by atoms with van der Waals surface area (Å²) in [5, 5.41) is 9.66. The molecule has 1 heterocycles. The zero-order valence-corrected chi connectivity index (χ0v) is 11.6. The number of amides is 1. The van der Waals surface area contributed by atoms with Crippen LogP contribution in [0.15, 0.2) is 29.2 Å². The number of aliphatic hydroxyl groups is 1. The van der Waals surface area contributed by atoms with Crippen molar-refractivity contribution in [2.24, 2.45) is 5.92 Å². The van der Waals surface area contributed by atoms with Crippen LogP contribution in [-0.2, 0) is 4.79 Å². The van der Waals surface area contributed by atoms with E-state index in [1.807, 2.05) is 23.1 Å². The van der Waals surface area contributed by atoms with Gasteiger partial charge in [0.05, 0.1) is 5.69 Å². The number of hydrogen-bond acceptors (Lipinski definition) is 3. The Morgan fingerprint density at radius 2 is 2.17 bits per heavy atom. The maximum Gasteiger partial charge on any atom is 0.227 e. The maximum absolute atomic E-state index is 12.0. The molecule has 1 amide bonds. The minimum absolute atomic E-state index is 0.0783. The zero-order valence-electron chi connectivity index (χ0n) is 10.8. The van der Waals surface area contributed by atoms with Crippen molar-refractivity contribution in [1.82, 2.24) is 0 Å². The van der Waals surface area contributed by atoms with Crippen molar-refractivity contribution < 1.29 is 9.90 Å². The van der Waals surface area contributed by atoms with Crippen LogP contribution in [0.1, 0.15) is 20.3 Å². The Hall–Kier alpha value is -1.00. The molecule has 1 N–H and O–H groups in total. The van der Waals surface area contributed by atoms with Gasteiger partial charge in [-0.1, -0.05) is 26.0 Å². The zero-order chi connectivity index (χ0) is 13.1. The lowest BCUT2D eigenvalue weighted by Crippen LogP contribution is -2.25. The lowest BCUT2D eigenvalue weighted by molar-refractivity contribution is -0.117. The average molecular weight is 265 g/mol. The molecule has 1 unspecified atom stereocenters. The number of hydrogen-bond donors (Lipinski definition) is 1. The van der Waals surface area contributed by atoms with Crippen LogP contribution in [0, 0.1) is 5.92 Å². The van der Waals surface area contributed by atoms with Crippen LogP contribution in [0.3, 0.4) is 0 Å². The molecule has 98 valence electrons. The quantitative estimate of drug-likeness (QED) is 0.851. The minimum Gasteiger partial charge on any atom is -0.396 e. The molecule has 18 heavy (non-hydrogen) atoms. The molecule has 3 nitrogen and oxygen atoms in total. The van der Waals surface area contributed by atoms with Gasteiger partial charge in [0.15, 0.2) is 0 Å². The molecule has 0 radical (unpaired) electrons. The number of anilines is 1. The summed E-state index contributed by atoms with van der Waals surface area (Å²) >= 11 is 1.77. The number of thioether (sulfide) groups is 1. The van der Waals surface area contributed by atoms with Gasteiger partial charge < -0.3 is 10.0 Å². The molecule has 0 aromatic heterocycles. The van der Waals surface area contributed by atoms with Gasteiger partial charge >= 0.3 is 0 Å². The summed E-state index contributed by atoms with van der Waals surface area (Å²) in [7, 11) is 0. The van der Waals surface area contributed by atoms with Crippen molar-refractivity contribution in [3.05, 3.63) is 24.3 Å². The standard InChI is InChI=1S/C14H19NO2S/c1-10(2)18-13-6-4-3-5-12(13)15-8-11(9-16)7-14(15)17/h3-6,10-11,16H,7-9H2,1-2H3. The summed E-state index contributed by atoms with van der Waals surface area (Å²) in [6.45, 7) is 5.00. The number of aliphatic hydroxyl groups excluding tert-OH is 1. The van der Waals surface area contributed by atoms with Crippen molar-refractivity contribution in [2.45, 2.75) is 30.4 Å². The molecule has 0 saturated carbocycles. The molecule has 1 aromatic rings. The minimum atomic E-state index is 0.0783. The van der Waals surface area contributed by atoms with Gasteiger partial charge in [0.25, 0.3) is 0 Å². The van der Waals surface area contributed by atoms with Gasteiger partial charge in [-0.05, 0) is 12.1 Å². The van der Waals surface area contributed by atoms with Crippen molar-refractivity contribution >= 4 is 23.4 Å². The van der Waals surface area contributed by atoms with Gasteiger partial charge in [-0.15, -0.1) is 11.8 Å². The van der Waals surface area contributed by atoms with Crippen LogP contribution < -0.4 is 4.90 Å². The molecular weight excluding hydrogens is 246 g/mol. The molecule has 1 atom stereocenters. The summed E-state index contributed by atoms with van der Waals surface area (Å²) in [4.78, 5) is 14.9. The smallest absolute Gasteiger partial charge is 0.227 e. The van der Waals surface area contributed by atoms with E-state index in [1.54, 1.807) is 11.8 Å². The summed E-state index contributed by atoms with van der Waals surface area (Å²) in [5.74, 6) is 0.195. The van der Waals surface area contributed by atoms with Gasteiger partial charge in [-0.3, -0.25) is 4.79 Å². The third-order valence-corrected chi connectivity index (χ3v) is 4.05. The Morgan fingerprint density at radius 1 is 1.44 bits per heavy atom. The largest absolute Gasteiger partial charge is 0.396 e. The first-order chi connectivity index (χ1) is 8.61. The lowest BCUT2D eigenvalue weighted by Gasteiger charge is -2.20. The number of carbonyl (C=O) groups is 1. The van der Waals surface area contributed by atoms with Crippen LogP contribution in [0.5, 0.6) is 0 Å². The van der Waals surface area contributed by atoms with Crippen LogP contribution in [0.25, 0.3) is 0 Å². The van der Waals surface area contributed by atoms with Gasteiger partial charge in [-0.2, -0.15) is 0 Å². The fourth-order valence-electron chi connectivity index (χ4n) is 2.17. The summed E-state index contributed by atoms with van der Waals surface area (Å²) < 4.78 is 0. The Balaban J connectivity index is 2.25. The molecular formula is C14H19NO2S. The van der Waals surface area contributed by atoms with E-state index in [4.69, 9.17) is 0 Å². The predicted molar refractivity (Wildman–Crippen MR) is 75.0 cm³/mol. The van der Waals surface area contributed by atoms with Crippen LogP contribution >= 0.6 is 11.8 Å². The van der Waals surface area contributed by atoms with E-state index in [-0.39, 0.29) is 18.4 Å². The monoisotopic (exact) mass is 265 g/mol. The Morgan fingerprint density at radius 3 is 2.78 bits per heavy atom. The molecule has 4 heteroatoms. The fourth-order valence-corrected chi connectivity index (χ4v) is 3.13. The maximum atomic E-state index is 12.0. The van der Waals surface area contributed by atoms with Gasteiger partial charge in [0.1, 0.15) is 0 Å². The SMILES string of the molecule is CC(C)Sc1ccccc1N1CC(CO)CC1=O. The van der Waals surface area contributed by atoms with E-state index in [2.05, 4.69) is 19.9 Å². The number of rotatable bonds is 4. The second-order valence-electron chi connectivity index (χ2n) is 4.89. The first-order valence-corrected chi connectivity index (χ1v) is 7.16. The Bertz CT molecular complexity index is 434. The topological polar surface area (TPSA) is 40.5 Å². The molecule has 0 aliphatic carbocycles. The molecule has 1 saturated heterocycles. The number of carbonyl (C=O) groups excluding carboxylic acids is 1. The highest BCUT2D eigenvalue weighted by Gasteiger charge is 2.31. The molecule has 1 aliphatic heterocycles. The second kappa shape index (κ2) is 5.76. The normalized spacial score (nSPS) is 19.9. The summed E-state index contributed by atoms with van der Waals surface area (Å²) in [6, 6.07) is 8.00. The molecule has 1 aliphatic rings. The van der Waals surface area contributed by atoms with Gasteiger partial charge in [-0.25, -0.2) is 0 Å². The van der Waals surface area contributed by atoms with E-state index in [0.717, 1.165) is 10.6 Å². The van der Waals surface area contributed by atoms with Crippen molar-refractivity contribution in [1.29, 1.82) is 0 Å². The molecule has 2 rings (SSSR count). The first-order valence-electron chi connectivity index (χ1n) is 6.28. The third-order valence-electron chi connectivity index (χ3n) is 2.98. The Labute approximate surface area is 112 Å². The average Bonchev–Trinajstić information content (AvgIpc) is 2.70. The summed E-state index contributed by atoms with van der Waals surface area (Å²) in [6.07, 6.45) is 0.456. The van der Waals surface area contributed by atoms with Crippen LogP contribution in [0.2, 0.25) is 0 Å². The molecule has 0 bridgehead atoms. The van der Waals surface area contributed by atoms with Crippen molar-refractivity contribution in [3.8, 4) is 0 Å². The van der Waals surface area contributed by atoms with E-state index in [0.29, 0.717) is 18.2 Å². The number of benzene rings is 1. The number of para-hydroxylation sites is 1. The highest BCUT2D eigenvalue weighted by Crippen LogP contribution is 2.35. The van der Waals surface area contributed by atoms with E-state index in [1.165, 1.54) is 0 Å². The predicted octanol–water partition coefficient (Wildman–Crippen LogP) is 2.53. The second-order valence-corrected chi connectivity index (χ2v) is 6.51. The third kappa shape index (κ3) is 2.87. The van der Waals surface area contributed by atoms with E-state index >= 15 is 0 Å². The van der Waals surface area contributed by atoms with Crippen LogP contribution in [0.4, 0.5) is 5.69 Å². The Kier molecular flexibility index (Phi) is 4.30. The van der Waals surface area contributed by atoms with Crippen LogP contribution in [-0.4, -0.2) is 29.4 Å². The molecule has 0 spiro atoms. The highest BCUT2D eigenvalue weighted by atomic mass is 32.2. The van der Waals surface area contributed by atoms with E-state index in [9.17, 15) is 9.90 Å². The fraction of sp³-hybridized carbons (Fsp3) is 0.500. The molecule has 1 aromatic carbocycles.